The number of carbonyl (C=O) groups is 2. The lowest BCUT2D eigenvalue weighted by Crippen LogP contribution is -2.48. The van der Waals surface area contributed by atoms with E-state index in [0.29, 0.717) is 13.0 Å². The van der Waals surface area contributed by atoms with E-state index in [1.165, 1.54) is 12.0 Å². The number of rotatable bonds is 2. The van der Waals surface area contributed by atoms with Crippen LogP contribution in [0.3, 0.4) is 0 Å². The van der Waals surface area contributed by atoms with E-state index in [1.807, 2.05) is 0 Å². The smallest absolute Gasteiger partial charge is 0.416 e. The summed E-state index contributed by atoms with van der Waals surface area (Å²) in [4.78, 5) is 25.5. The number of ether oxygens (including phenoxy) is 1. The Balaban J connectivity index is 2.20. The van der Waals surface area contributed by atoms with Crippen molar-refractivity contribution in [1.29, 1.82) is 0 Å². The number of nitrogens with zero attached hydrogens (tertiary/aromatic N) is 1. The van der Waals surface area contributed by atoms with Crippen LogP contribution in [0.5, 0.6) is 0 Å². The molecule has 0 spiro atoms. The minimum absolute atomic E-state index is 0.129. The van der Waals surface area contributed by atoms with Crippen molar-refractivity contribution in [1.82, 2.24) is 4.90 Å². The van der Waals surface area contributed by atoms with Crippen LogP contribution in [0.4, 0.5) is 13.2 Å². The Labute approximate surface area is 125 Å². The monoisotopic (exact) mass is 315 g/mol. The van der Waals surface area contributed by atoms with Crippen LogP contribution in [-0.4, -0.2) is 36.5 Å². The fourth-order valence-corrected chi connectivity index (χ4v) is 2.52. The molecule has 0 unspecified atom stereocenters. The number of hydrogen-bond acceptors (Lipinski definition) is 3. The van der Waals surface area contributed by atoms with Gasteiger partial charge in [0.2, 0.25) is 0 Å². The molecular formula is C15H16F3NO3. The average molecular weight is 315 g/mol. The highest BCUT2D eigenvalue weighted by atomic mass is 19.4. The van der Waals surface area contributed by atoms with E-state index in [9.17, 15) is 22.8 Å². The number of piperidine rings is 1. The van der Waals surface area contributed by atoms with Crippen molar-refractivity contribution in [3.63, 3.8) is 0 Å². The number of alkyl halides is 3. The number of esters is 1. The zero-order chi connectivity index (χ0) is 16.3. The van der Waals surface area contributed by atoms with Crippen LogP contribution < -0.4 is 0 Å². The summed E-state index contributed by atoms with van der Waals surface area (Å²) >= 11 is 0. The van der Waals surface area contributed by atoms with Crippen molar-refractivity contribution in [3.05, 3.63) is 35.4 Å². The van der Waals surface area contributed by atoms with Crippen LogP contribution in [-0.2, 0) is 15.7 Å². The van der Waals surface area contributed by atoms with E-state index < -0.39 is 29.7 Å². The van der Waals surface area contributed by atoms with E-state index >= 15 is 0 Å². The van der Waals surface area contributed by atoms with E-state index in [2.05, 4.69) is 4.74 Å². The molecule has 0 bridgehead atoms. The quantitative estimate of drug-likeness (QED) is 0.789. The third-order valence-corrected chi connectivity index (χ3v) is 3.70. The Morgan fingerprint density at radius 2 is 1.82 bits per heavy atom. The molecule has 1 aromatic carbocycles. The topological polar surface area (TPSA) is 46.6 Å². The Hall–Kier alpha value is -2.05. The SMILES string of the molecule is COC(=O)[C@H]1CCCCN1C(=O)c1ccc(C(F)(F)F)cc1. The molecule has 22 heavy (non-hydrogen) atoms. The van der Waals surface area contributed by atoms with Crippen LogP contribution in [0.1, 0.15) is 35.2 Å². The first-order chi connectivity index (χ1) is 10.3. The van der Waals surface area contributed by atoms with Crippen molar-refractivity contribution in [2.45, 2.75) is 31.5 Å². The molecule has 120 valence electrons. The summed E-state index contributed by atoms with van der Waals surface area (Å²) in [5, 5.41) is 0. The third-order valence-electron chi connectivity index (χ3n) is 3.70. The van der Waals surface area contributed by atoms with E-state index in [-0.39, 0.29) is 5.56 Å². The second-order valence-corrected chi connectivity index (χ2v) is 5.11. The van der Waals surface area contributed by atoms with Crippen LogP contribution in [0.2, 0.25) is 0 Å². The maximum Gasteiger partial charge on any atom is 0.416 e. The number of carbonyl (C=O) groups excluding carboxylic acids is 2. The number of halogens is 3. The molecular weight excluding hydrogens is 299 g/mol. The molecule has 7 heteroatoms. The summed E-state index contributed by atoms with van der Waals surface area (Å²) in [5.74, 6) is -0.955. The molecule has 1 saturated heterocycles. The minimum atomic E-state index is -4.44. The molecule has 1 amide bonds. The van der Waals surface area contributed by atoms with Crippen molar-refractivity contribution in [2.75, 3.05) is 13.7 Å². The highest BCUT2D eigenvalue weighted by Crippen LogP contribution is 2.29. The summed E-state index contributed by atoms with van der Waals surface area (Å²) in [6.07, 6.45) is -2.39. The zero-order valence-corrected chi connectivity index (χ0v) is 12.0. The summed E-state index contributed by atoms with van der Waals surface area (Å²) in [5.41, 5.74) is -0.684. The van der Waals surface area contributed by atoms with Gasteiger partial charge in [-0.1, -0.05) is 0 Å². The lowest BCUT2D eigenvalue weighted by Gasteiger charge is -2.33. The Kier molecular flexibility index (Phi) is 4.73. The van der Waals surface area contributed by atoms with Crippen molar-refractivity contribution >= 4 is 11.9 Å². The van der Waals surface area contributed by atoms with Crippen molar-refractivity contribution < 1.29 is 27.5 Å². The second kappa shape index (κ2) is 6.37. The zero-order valence-electron chi connectivity index (χ0n) is 12.0. The molecule has 2 rings (SSSR count). The predicted octanol–water partition coefficient (Wildman–Crippen LogP) is 2.87. The first-order valence-electron chi connectivity index (χ1n) is 6.90. The Morgan fingerprint density at radius 3 is 2.36 bits per heavy atom. The Morgan fingerprint density at radius 1 is 1.18 bits per heavy atom. The molecule has 1 aliphatic heterocycles. The van der Waals surface area contributed by atoms with Gasteiger partial charge in [-0.2, -0.15) is 13.2 Å². The summed E-state index contributed by atoms with van der Waals surface area (Å²) in [6.45, 7) is 0.389. The van der Waals surface area contributed by atoms with Crippen LogP contribution in [0.25, 0.3) is 0 Å². The van der Waals surface area contributed by atoms with Gasteiger partial charge in [-0.15, -0.1) is 0 Å². The molecule has 1 aliphatic rings. The molecule has 0 aromatic heterocycles. The minimum Gasteiger partial charge on any atom is -0.467 e. The number of hydrogen-bond donors (Lipinski definition) is 0. The number of benzene rings is 1. The van der Waals surface area contributed by atoms with Gasteiger partial charge in [-0.05, 0) is 43.5 Å². The van der Waals surface area contributed by atoms with Gasteiger partial charge in [0.05, 0.1) is 12.7 Å². The van der Waals surface area contributed by atoms with Crippen molar-refractivity contribution in [3.8, 4) is 0 Å². The number of methoxy groups -OCH3 is 1. The molecule has 0 N–H and O–H groups in total. The van der Waals surface area contributed by atoms with E-state index in [1.54, 1.807) is 0 Å². The summed E-state index contributed by atoms with van der Waals surface area (Å²) < 4.78 is 42.3. The summed E-state index contributed by atoms with van der Waals surface area (Å²) in [7, 11) is 1.25. The van der Waals surface area contributed by atoms with Crippen LogP contribution in [0.15, 0.2) is 24.3 Å². The molecule has 1 atom stereocenters. The highest BCUT2D eigenvalue weighted by molar-refractivity contribution is 5.97. The second-order valence-electron chi connectivity index (χ2n) is 5.11. The van der Waals surface area contributed by atoms with Crippen LogP contribution in [0, 0.1) is 0 Å². The third kappa shape index (κ3) is 3.40. The van der Waals surface area contributed by atoms with E-state index in [4.69, 9.17) is 0 Å². The van der Waals surface area contributed by atoms with Crippen LogP contribution >= 0.6 is 0 Å². The lowest BCUT2D eigenvalue weighted by molar-refractivity contribution is -0.147. The number of likely N-dealkylation sites (tertiary alicyclic amines) is 1. The van der Waals surface area contributed by atoms with Gasteiger partial charge in [0.1, 0.15) is 6.04 Å². The predicted molar refractivity (Wildman–Crippen MR) is 72.1 cm³/mol. The standard InChI is InChI=1S/C15H16F3NO3/c1-22-14(21)12-4-2-3-9-19(12)13(20)10-5-7-11(8-6-10)15(16,17)18/h5-8,12H,2-4,9H2,1H3/t12-/m1/s1. The van der Waals surface area contributed by atoms with E-state index in [0.717, 1.165) is 37.1 Å². The molecule has 0 radical (unpaired) electrons. The van der Waals surface area contributed by atoms with Gasteiger partial charge < -0.3 is 9.64 Å². The molecule has 0 aliphatic carbocycles. The van der Waals surface area contributed by atoms with Gasteiger partial charge >= 0.3 is 12.1 Å². The first kappa shape index (κ1) is 16.3. The maximum atomic E-state index is 12.5. The van der Waals surface area contributed by atoms with Gasteiger partial charge in [-0.3, -0.25) is 4.79 Å². The van der Waals surface area contributed by atoms with Gasteiger partial charge in [0, 0.05) is 12.1 Å². The molecule has 1 heterocycles. The fraction of sp³-hybridized carbons (Fsp3) is 0.467. The first-order valence-corrected chi connectivity index (χ1v) is 6.90. The number of amides is 1. The molecule has 0 saturated carbocycles. The average Bonchev–Trinajstić information content (AvgIpc) is 2.52. The van der Waals surface area contributed by atoms with Crippen molar-refractivity contribution in [2.24, 2.45) is 0 Å². The van der Waals surface area contributed by atoms with Gasteiger partial charge in [0.25, 0.3) is 5.91 Å². The largest absolute Gasteiger partial charge is 0.467 e. The normalized spacial score (nSPS) is 18.9. The van der Waals surface area contributed by atoms with Gasteiger partial charge in [0.15, 0.2) is 0 Å². The summed E-state index contributed by atoms with van der Waals surface area (Å²) in [6, 6.07) is 3.32. The molecule has 4 nitrogen and oxygen atoms in total. The Bertz CT molecular complexity index is 554. The highest BCUT2D eigenvalue weighted by Gasteiger charge is 2.34. The molecule has 1 aromatic rings. The fourth-order valence-electron chi connectivity index (χ4n) is 2.52. The lowest BCUT2D eigenvalue weighted by atomic mass is 10.0. The maximum absolute atomic E-state index is 12.5. The molecule has 1 fully saturated rings. The van der Waals surface area contributed by atoms with Gasteiger partial charge in [-0.25, -0.2) is 4.79 Å².